The molecule has 0 bridgehead atoms. The molecule has 0 saturated heterocycles. The van der Waals surface area contributed by atoms with E-state index in [0.717, 1.165) is 0 Å². The van der Waals surface area contributed by atoms with Gasteiger partial charge in [0.1, 0.15) is 7.97 Å². The molecule has 62 valence electrons. The predicted octanol–water partition coefficient (Wildman–Crippen LogP) is 4.28. The summed E-state index contributed by atoms with van der Waals surface area (Å²) in [6.45, 7) is 1.70. The summed E-state index contributed by atoms with van der Waals surface area (Å²) < 4.78 is 25.6. The molecule has 0 N–H and O–H groups in total. The molecule has 11 heavy (non-hydrogen) atoms. The third-order valence-electron chi connectivity index (χ3n) is 1.34. The second kappa shape index (κ2) is 3.26. The molecular formula is C7H7F2IS. The molecule has 1 aromatic rings. The summed E-state index contributed by atoms with van der Waals surface area (Å²) in [6, 6.07) is 6.59. The fraction of sp³-hybridized carbons (Fsp3) is 0.143. The zero-order chi connectivity index (χ0) is 8.48. The van der Waals surface area contributed by atoms with Gasteiger partial charge in [-0.1, -0.05) is 18.2 Å². The lowest BCUT2D eigenvalue weighted by Crippen LogP contribution is -1.82. The Balaban J connectivity index is 3.14. The van der Waals surface area contributed by atoms with Crippen molar-refractivity contribution in [2.24, 2.45) is 0 Å². The van der Waals surface area contributed by atoms with Gasteiger partial charge in [0.05, 0.1) is 4.90 Å². The Hall–Kier alpha value is 0.160. The molecule has 0 heterocycles. The molecule has 0 radical (unpaired) electrons. The second-order valence-electron chi connectivity index (χ2n) is 2.17. The van der Waals surface area contributed by atoms with E-state index < -0.39 is 7.97 Å². The first-order chi connectivity index (χ1) is 5.02. The summed E-state index contributed by atoms with van der Waals surface area (Å²) in [4.78, 5) is 0.181. The molecule has 0 spiro atoms. The number of benzene rings is 1. The smallest absolute Gasteiger partial charge is 0.139 e. The molecule has 1 aromatic carbocycles. The molecule has 0 atom stereocenters. The SMILES string of the molecule is Cc1ccccc1S(F)(F)I. The van der Waals surface area contributed by atoms with Crippen LogP contribution in [0.1, 0.15) is 5.56 Å². The highest BCUT2D eigenvalue weighted by Crippen LogP contribution is 2.66. The van der Waals surface area contributed by atoms with Crippen molar-refractivity contribution in [2.75, 3.05) is 0 Å². The van der Waals surface area contributed by atoms with Gasteiger partial charge in [-0.3, -0.25) is 0 Å². The molecule has 1 rings (SSSR count). The third kappa shape index (κ3) is 2.30. The van der Waals surface area contributed by atoms with Crippen LogP contribution in [0, 0.1) is 6.92 Å². The van der Waals surface area contributed by atoms with E-state index in [1.165, 1.54) is 27.3 Å². The summed E-state index contributed by atoms with van der Waals surface area (Å²) in [7, 11) is -3.56. The van der Waals surface area contributed by atoms with Gasteiger partial charge in [0.15, 0.2) is 0 Å². The second-order valence-corrected chi connectivity index (χ2v) is 6.74. The minimum Gasteiger partial charge on any atom is -0.142 e. The average Bonchev–Trinajstić information content (AvgIpc) is 1.86. The maximum atomic E-state index is 12.8. The number of rotatable bonds is 1. The highest BCUT2D eigenvalue weighted by Gasteiger charge is 2.22. The third-order valence-corrected chi connectivity index (χ3v) is 3.72. The summed E-state index contributed by atoms with van der Waals surface area (Å²) >= 11 is 1.22. The standard InChI is InChI=1S/C7H7F2IS/c1-6-4-2-3-5-7(6)11(8,9)10/h2-5H,1H3. The lowest BCUT2D eigenvalue weighted by atomic mass is 10.2. The molecule has 0 aliphatic rings. The van der Waals surface area contributed by atoms with Gasteiger partial charge in [0.25, 0.3) is 0 Å². The van der Waals surface area contributed by atoms with Crippen LogP contribution in [0.3, 0.4) is 0 Å². The summed E-state index contributed by atoms with van der Waals surface area (Å²) in [6.07, 6.45) is 0. The minimum absolute atomic E-state index is 0.181. The number of hydrogen-bond donors (Lipinski definition) is 0. The topological polar surface area (TPSA) is 0 Å². The van der Waals surface area contributed by atoms with Crippen molar-refractivity contribution in [3.05, 3.63) is 29.8 Å². The summed E-state index contributed by atoms with van der Waals surface area (Å²) in [5.74, 6) is 0. The molecule has 0 saturated carbocycles. The van der Waals surface area contributed by atoms with Crippen LogP contribution in [0.2, 0.25) is 0 Å². The van der Waals surface area contributed by atoms with Crippen molar-refractivity contribution in [3.8, 4) is 0 Å². The predicted molar refractivity (Wildman–Crippen MR) is 53.3 cm³/mol. The van der Waals surface area contributed by atoms with Gasteiger partial charge in [-0.15, -0.1) is 7.77 Å². The van der Waals surface area contributed by atoms with E-state index in [9.17, 15) is 7.77 Å². The zero-order valence-electron chi connectivity index (χ0n) is 5.85. The van der Waals surface area contributed by atoms with Gasteiger partial charge in [-0.2, -0.15) is 0 Å². The van der Waals surface area contributed by atoms with Crippen molar-refractivity contribution >= 4 is 29.2 Å². The normalized spacial score (nSPS) is 13.1. The molecule has 0 unspecified atom stereocenters. The Labute approximate surface area is 78.5 Å². The molecule has 0 amide bonds. The van der Waals surface area contributed by atoms with Crippen LogP contribution in [-0.2, 0) is 0 Å². The van der Waals surface area contributed by atoms with Crippen molar-refractivity contribution in [3.63, 3.8) is 0 Å². The summed E-state index contributed by atoms with van der Waals surface area (Å²) in [5.41, 5.74) is 0.668. The Morgan fingerprint density at radius 1 is 1.27 bits per heavy atom. The number of hydrogen-bond acceptors (Lipinski definition) is 0. The van der Waals surface area contributed by atoms with E-state index in [4.69, 9.17) is 0 Å². The van der Waals surface area contributed by atoms with Crippen LogP contribution in [-0.4, -0.2) is 0 Å². The molecule has 0 fully saturated rings. The van der Waals surface area contributed by atoms with Gasteiger partial charge < -0.3 is 0 Å². The molecule has 0 aliphatic carbocycles. The van der Waals surface area contributed by atoms with Crippen molar-refractivity contribution in [1.29, 1.82) is 0 Å². The lowest BCUT2D eigenvalue weighted by molar-refractivity contribution is 0.773. The van der Waals surface area contributed by atoms with E-state index in [2.05, 4.69) is 0 Å². The molecule has 0 aliphatic heterocycles. The number of aryl methyl sites for hydroxylation is 1. The maximum absolute atomic E-state index is 12.8. The average molecular weight is 288 g/mol. The van der Waals surface area contributed by atoms with E-state index in [1.54, 1.807) is 25.1 Å². The largest absolute Gasteiger partial charge is 0.142 e. The molecule has 0 aromatic heterocycles. The van der Waals surface area contributed by atoms with Crippen LogP contribution in [0.4, 0.5) is 7.77 Å². The van der Waals surface area contributed by atoms with Crippen molar-refractivity contribution in [2.45, 2.75) is 11.8 Å². The first kappa shape index (κ1) is 9.25. The Kier molecular flexibility index (Phi) is 2.74. The first-order valence-corrected chi connectivity index (χ1v) is 6.97. The fourth-order valence-electron chi connectivity index (χ4n) is 0.816. The van der Waals surface area contributed by atoms with E-state index >= 15 is 0 Å². The number of halogens is 3. The van der Waals surface area contributed by atoms with Gasteiger partial charge in [-0.05, 0) is 18.6 Å². The fourth-order valence-corrected chi connectivity index (χ4v) is 2.96. The summed E-state index contributed by atoms with van der Waals surface area (Å²) in [5, 5.41) is 0. The molecule has 0 nitrogen and oxygen atoms in total. The van der Waals surface area contributed by atoms with E-state index in [1.807, 2.05) is 0 Å². The van der Waals surface area contributed by atoms with Crippen LogP contribution < -0.4 is 0 Å². The van der Waals surface area contributed by atoms with E-state index in [-0.39, 0.29) is 4.90 Å². The Morgan fingerprint density at radius 3 is 2.18 bits per heavy atom. The van der Waals surface area contributed by atoms with Gasteiger partial charge in [0, 0.05) is 21.2 Å². The van der Waals surface area contributed by atoms with E-state index in [0.29, 0.717) is 5.56 Å². The highest BCUT2D eigenvalue weighted by atomic mass is 127. The van der Waals surface area contributed by atoms with Gasteiger partial charge in [0.2, 0.25) is 0 Å². The first-order valence-electron chi connectivity index (χ1n) is 2.99. The Bertz CT molecular complexity index is 257. The van der Waals surface area contributed by atoms with Crippen molar-refractivity contribution in [1.82, 2.24) is 0 Å². The van der Waals surface area contributed by atoms with Gasteiger partial charge in [-0.25, -0.2) is 0 Å². The molecule has 4 heteroatoms. The quantitative estimate of drug-likeness (QED) is 0.677. The molecular weight excluding hydrogens is 281 g/mol. The van der Waals surface area contributed by atoms with Crippen LogP contribution in [0.5, 0.6) is 0 Å². The Morgan fingerprint density at radius 2 is 1.82 bits per heavy atom. The van der Waals surface area contributed by atoms with Crippen LogP contribution >= 0.6 is 29.2 Å². The monoisotopic (exact) mass is 288 g/mol. The highest BCUT2D eigenvalue weighted by molar-refractivity contribution is 14.2. The van der Waals surface area contributed by atoms with Crippen LogP contribution in [0.15, 0.2) is 29.2 Å². The van der Waals surface area contributed by atoms with Crippen LogP contribution in [0.25, 0.3) is 0 Å². The minimum atomic E-state index is -3.56. The lowest BCUT2D eigenvalue weighted by Gasteiger charge is -2.14. The van der Waals surface area contributed by atoms with Gasteiger partial charge >= 0.3 is 0 Å². The maximum Gasteiger partial charge on any atom is 0.139 e. The van der Waals surface area contributed by atoms with Crippen molar-refractivity contribution < 1.29 is 7.77 Å². The zero-order valence-corrected chi connectivity index (χ0v) is 8.83.